The number of phenolic OH excluding ortho intramolecular Hbond substituents is 1. The zero-order chi connectivity index (χ0) is 10.1. The van der Waals surface area contributed by atoms with Gasteiger partial charge in [0.15, 0.2) is 5.82 Å². The van der Waals surface area contributed by atoms with Crippen LogP contribution in [-0.2, 0) is 0 Å². The summed E-state index contributed by atoms with van der Waals surface area (Å²) < 4.78 is 13.5. The Morgan fingerprint density at radius 2 is 2.14 bits per heavy atom. The molecule has 0 amide bonds. The fraction of sp³-hybridized carbons (Fsp3) is 0. The van der Waals surface area contributed by atoms with E-state index in [2.05, 4.69) is 15.2 Å². The number of aromatic hydroxyl groups is 1. The molecule has 0 aliphatic carbocycles. The normalized spacial score (nSPS) is 10.4. The fourth-order valence-corrected chi connectivity index (χ4v) is 1.24. The maximum absolute atomic E-state index is 13.3. The molecule has 0 aliphatic rings. The predicted molar refractivity (Wildman–Crippen MR) is 50.8 cm³/mol. The Balaban J connectivity index is 2.57. The van der Waals surface area contributed by atoms with Crippen LogP contribution < -0.4 is 0 Å². The van der Waals surface area contributed by atoms with Crippen molar-refractivity contribution in [1.29, 1.82) is 0 Å². The van der Waals surface area contributed by atoms with Gasteiger partial charge in [0, 0.05) is 6.07 Å². The molecule has 0 unspecified atom stereocenters. The SMILES string of the molecule is Oc1ccc(-c2nc(=S)[nH][nH]2)c(F)c1. The molecule has 0 aliphatic heterocycles. The van der Waals surface area contributed by atoms with Crippen LogP contribution in [0.5, 0.6) is 5.75 Å². The number of hydrogen-bond donors (Lipinski definition) is 3. The molecule has 6 heteroatoms. The minimum Gasteiger partial charge on any atom is -0.508 e. The first-order chi connectivity index (χ1) is 6.66. The number of aromatic amines is 2. The summed E-state index contributed by atoms with van der Waals surface area (Å²) in [4.78, 5) is 3.85. The molecule has 4 nitrogen and oxygen atoms in total. The van der Waals surface area contributed by atoms with Crippen molar-refractivity contribution < 1.29 is 9.50 Å². The van der Waals surface area contributed by atoms with Gasteiger partial charge in [-0.2, -0.15) is 4.98 Å². The van der Waals surface area contributed by atoms with E-state index in [9.17, 15) is 4.39 Å². The van der Waals surface area contributed by atoms with Crippen LogP contribution in [0.1, 0.15) is 0 Å². The number of aromatic nitrogens is 3. The number of nitrogens with zero attached hydrogens (tertiary/aromatic N) is 1. The molecular formula is C8H6FN3OS. The Bertz CT molecular complexity index is 519. The lowest BCUT2D eigenvalue weighted by Gasteiger charge is -1.98. The van der Waals surface area contributed by atoms with E-state index in [0.29, 0.717) is 5.82 Å². The molecule has 2 rings (SSSR count). The molecule has 14 heavy (non-hydrogen) atoms. The van der Waals surface area contributed by atoms with E-state index < -0.39 is 5.82 Å². The van der Waals surface area contributed by atoms with Crippen LogP contribution in [0.15, 0.2) is 18.2 Å². The average molecular weight is 211 g/mol. The topological polar surface area (TPSA) is 64.7 Å². The molecule has 3 N–H and O–H groups in total. The summed E-state index contributed by atoms with van der Waals surface area (Å²) in [5.74, 6) is -0.365. The lowest BCUT2D eigenvalue weighted by Crippen LogP contribution is -1.85. The van der Waals surface area contributed by atoms with Crippen molar-refractivity contribution in [2.24, 2.45) is 0 Å². The van der Waals surface area contributed by atoms with Gasteiger partial charge in [-0.1, -0.05) is 0 Å². The van der Waals surface area contributed by atoms with Crippen molar-refractivity contribution in [3.05, 3.63) is 28.8 Å². The van der Waals surface area contributed by atoms with E-state index in [0.717, 1.165) is 6.07 Å². The van der Waals surface area contributed by atoms with Crippen LogP contribution in [-0.4, -0.2) is 20.3 Å². The lowest BCUT2D eigenvalue weighted by atomic mass is 10.2. The number of benzene rings is 1. The van der Waals surface area contributed by atoms with Crippen LogP contribution in [0, 0.1) is 10.6 Å². The minimum absolute atomic E-state index is 0.125. The van der Waals surface area contributed by atoms with E-state index in [1.54, 1.807) is 0 Å². The molecule has 0 saturated heterocycles. The molecule has 0 saturated carbocycles. The second-order valence-corrected chi connectivity index (χ2v) is 3.07. The standard InChI is InChI=1S/C8H6FN3OS/c9-6-3-4(13)1-2-5(6)7-10-8(14)12-11-7/h1-3,13H,(H2,10,11,12,14). The van der Waals surface area contributed by atoms with Gasteiger partial charge < -0.3 is 5.11 Å². The summed E-state index contributed by atoms with van der Waals surface area (Å²) in [5, 5.41) is 14.2. The van der Waals surface area contributed by atoms with Gasteiger partial charge in [0.1, 0.15) is 11.6 Å². The number of hydrogen-bond acceptors (Lipinski definition) is 3. The molecule has 0 radical (unpaired) electrons. The summed E-state index contributed by atoms with van der Waals surface area (Å²) in [6.07, 6.45) is 0. The number of halogens is 1. The molecule has 1 heterocycles. The van der Waals surface area contributed by atoms with Crippen molar-refractivity contribution in [3.63, 3.8) is 0 Å². The molecule has 1 aromatic carbocycles. The van der Waals surface area contributed by atoms with E-state index in [1.807, 2.05) is 0 Å². The first-order valence-electron chi connectivity index (χ1n) is 3.80. The highest BCUT2D eigenvalue weighted by molar-refractivity contribution is 7.71. The van der Waals surface area contributed by atoms with Gasteiger partial charge in [0.25, 0.3) is 0 Å². The molecule has 0 fully saturated rings. The minimum atomic E-state index is -0.553. The smallest absolute Gasteiger partial charge is 0.213 e. The Labute approximate surface area is 83.4 Å². The van der Waals surface area contributed by atoms with Gasteiger partial charge in [-0.15, -0.1) is 0 Å². The van der Waals surface area contributed by atoms with Gasteiger partial charge in [-0.3, -0.25) is 10.2 Å². The van der Waals surface area contributed by atoms with Crippen molar-refractivity contribution in [2.45, 2.75) is 0 Å². The van der Waals surface area contributed by atoms with Crippen LogP contribution in [0.25, 0.3) is 11.4 Å². The van der Waals surface area contributed by atoms with Crippen LogP contribution >= 0.6 is 12.2 Å². The third-order valence-electron chi connectivity index (χ3n) is 1.71. The van der Waals surface area contributed by atoms with Crippen LogP contribution in [0.4, 0.5) is 4.39 Å². The number of phenols is 1. The molecular weight excluding hydrogens is 205 g/mol. The summed E-state index contributed by atoms with van der Waals surface area (Å²) in [6, 6.07) is 3.82. The van der Waals surface area contributed by atoms with Crippen molar-refractivity contribution in [1.82, 2.24) is 15.2 Å². The largest absolute Gasteiger partial charge is 0.508 e. The molecule has 72 valence electrons. The predicted octanol–water partition coefficient (Wildman–Crippen LogP) is 1.98. The van der Waals surface area contributed by atoms with Crippen molar-refractivity contribution in [3.8, 4) is 17.1 Å². The zero-order valence-electron chi connectivity index (χ0n) is 6.91. The Morgan fingerprint density at radius 1 is 1.36 bits per heavy atom. The highest BCUT2D eigenvalue weighted by Gasteiger charge is 2.08. The summed E-state index contributed by atoms with van der Waals surface area (Å²) in [7, 11) is 0. The average Bonchev–Trinajstić information content (AvgIpc) is 2.51. The molecule has 0 bridgehead atoms. The zero-order valence-corrected chi connectivity index (χ0v) is 7.73. The molecule has 0 atom stereocenters. The second-order valence-electron chi connectivity index (χ2n) is 2.68. The van der Waals surface area contributed by atoms with Crippen LogP contribution in [0.2, 0.25) is 0 Å². The Kier molecular flexibility index (Phi) is 2.05. The first-order valence-corrected chi connectivity index (χ1v) is 4.21. The van der Waals surface area contributed by atoms with Gasteiger partial charge in [0.05, 0.1) is 5.56 Å². The first kappa shape index (κ1) is 8.89. The highest BCUT2D eigenvalue weighted by atomic mass is 32.1. The number of H-pyrrole nitrogens is 2. The lowest BCUT2D eigenvalue weighted by molar-refractivity contribution is 0.469. The molecule has 0 spiro atoms. The van der Waals surface area contributed by atoms with Crippen molar-refractivity contribution in [2.75, 3.05) is 0 Å². The van der Waals surface area contributed by atoms with Gasteiger partial charge in [-0.05, 0) is 24.4 Å². The number of rotatable bonds is 1. The summed E-state index contributed by atoms with van der Waals surface area (Å²) in [5.41, 5.74) is 0.259. The molecule has 1 aromatic heterocycles. The summed E-state index contributed by atoms with van der Waals surface area (Å²) in [6.45, 7) is 0. The maximum atomic E-state index is 13.3. The quantitative estimate of drug-likeness (QED) is 0.632. The maximum Gasteiger partial charge on any atom is 0.213 e. The third-order valence-corrected chi connectivity index (χ3v) is 1.90. The van der Waals surface area contributed by atoms with Gasteiger partial charge >= 0.3 is 0 Å². The summed E-state index contributed by atoms with van der Waals surface area (Å²) >= 11 is 4.73. The van der Waals surface area contributed by atoms with Gasteiger partial charge in [-0.25, -0.2) is 4.39 Å². The highest BCUT2D eigenvalue weighted by Crippen LogP contribution is 2.22. The van der Waals surface area contributed by atoms with Crippen LogP contribution in [0.3, 0.4) is 0 Å². The third kappa shape index (κ3) is 1.51. The van der Waals surface area contributed by atoms with E-state index >= 15 is 0 Å². The van der Waals surface area contributed by atoms with E-state index in [1.165, 1.54) is 12.1 Å². The fourth-order valence-electron chi connectivity index (χ4n) is 1.09. The Hall–Kier alpha value is -1.69. The monoisotopic (exact) mass is 211 g/mol. The second kappa shape index (κ2) is 3.22. The Morgan fingerprint density at radius 3 is 2.71 bits per heavy atom. The van der Waals surface area contributed by atoms with E-state index in [-0.39, 0.29) is 16.1 Å². The van der Waals surface area contributed by atoms with Gasteiger partial charge in [0.2, 0.25) is 4.77 Å². The van der Waals surface area contributed by atoms with Crippen molar-refractivity contribution >= 4 is 12.2 Å². The molecule has 2 aromatic rings. The number of nitrogens with one attached hydrogen (secondary N) is 2. The van der Waals surface area contributed by atoms with E-state index in [4.69, 9.17) is 17.3 Å².